The van der Waals surface area contributed by atoms with Gasteiger partial charge >= 0.3 is 17.9 Å². The molecule has 1 radical (unpaired) electrons. The Labute approximate surface area is 87.5 Å². The van der Waals surface area contributed by atoms with Crippen LogP contribution in [0.4, 0.5) is 0 Å². The van der Waals surface area contributed by atoms with Crippen molar-refractivity contribution in [3.8, 4) is 0 Å². The molecule has 0 fully saturated rings. The van der Waals surface area contributed by atoms with Crippen molar-refractivity contribution in [2.75, 3.05) is 0 Å². The SMILES string of the molecule is [CH2]C(OC(C)=O)C(OC(C)=O)OC(C)=O. The highest BCUT2D eigenvalue weighted by molar-refractivity contribution is 5.69. The highest BCUT2D eigenvalue weighted by Gasteiger charge is 2.25. The van der Waals surface area contributed by atoms with Crippen LogP contribution in [-0.4, -0.2) is 30.3 Å². The Hall–Kier alpha value is -1.59. The minimum atomic E-state index is -1.32. The van der Waals surface area contributed by atoms with E-state index >= 15 is 0 Å². The molecule has 0 heterocycles. The Morgan fingerprint density at radius 3 is 1.47 bits per heavy atom. The molecule has 0 aliphatic carbocycles. The molecule has 0 saturated heterocycles. The van der Waals surface area contributed by atoms with Crippen LogP contribution < -0.4 is 0 Å². The lowest BCUT2D eigenvalue weighted by Crippen LogP contribution is -2.35. The molecule has 0 aromatic rings. The predicted octanol–water partition coefficient (Wildman–Crippen LogP) is 0.204. The van der Waals surface area contributed by atoms with E-state index in [9.17, 15) is 14.4 Å². The summed E-state index contributed by atoms with van der Waals surface area (Å²) < 4.78 is 13.8. The first-order valence-electron chi connectivity index (χ1n) is 4.17. The van der Waals surface area contributed by atoms with Crippen LogP contribution in [0.2, 0.25) is 0 Å². The first kappa shape index (κ1) is 13.4. The molecule has 0 aliphatic heterocycles. The maximum absolute atomic E-state index is 10.6. The number of esters is 3. The smallest absolute Gasteiger partial charge is 0.305 e. The van der Waals surface area contributed by atoms with E-state index in [4.69, 9.17) is 0 Å². The Morgan fingerprint density at radius 2 is 1.20 bits per heavy atom. The number of carbonyl (C=O) groups is 3. The molecule has 1 unspecified atom stereocenters. The minimum Gasteiger partial charge on any atom is -0.455 e. The molecule has 1 atom stereocenters. The number of hydrogen-bond acceptors (Lipinski definition) is 6. The standard InChI is InChI=1S/C9H13O6/c1-5(13-6(2)10)9(14-7(3)11)15-8(4)12/h5,9H,1H2,2-4H3. The molecule has 0 bridgehead atoms. The Morgan fingerprint density at radius 1 is 0.867 bits per heavy atom. The molecule has 0 spiro atoms. The van der Waals surface area contributed by atoms with Gasteiger partial charge in [-0.25, -0.2) is 0 Å². The van der Waals surface area contributed by atoms with E-state index in [1.807, 2.05) is 0 Å². The first-order chi connectivity index (χ1) is 6.82. The molecule has 0 rings (SSSR count). The van der Waals surface area contributed by atoms with Crippen molar-refractivity contribution in [1.82, 2.24) is 0 Å². The molecule has 0 aliphatic rings. The second kappa shape index (κ2) is 6.00. The normalized spacial score (nSPS) is 11.8. The summed E-state index contributed by atoms with van der Waals surface area (Å²) in [6, 6.07) is 0. The maximum Gasteiger partial charge on any atom is 0.305 e. The van der Waals surface area contributed by atoms with Crippen LogP contribution in [0.15, 0.2) is 0 Å². The lowest BCUT2D eigenvalue weighted by Gasteiger charge is -2.22. The highest BCUT2D eigenvalue weighted by atomic mass is 16.7. The van der Waals surface area contributed by atoms with E-state index in [2.05, 4.69) is 21.1 Å². The number of hydrogen-bond donors (Lipinski definition) is 0. The van der Waals surface area contributed by atoms with E-state index < -0.39 is 30.3 Å². The van der Waals surface area contributed by atoms with Crippen molar-refractivity contribution in [1.29, 1.82) is 0 Å². The Balaban J connectivity index is 4.38. The molecule has 85 valence electrons. The third-order valence-electron chi connectivity index (χ3n) is 1.19. The van der Waals surface area contributed by atoms with Gasteiger partial charge in [-0.1, -0.05) is 0 Å². The van der Waals surface area contributed by atoms with Gasteiger partial charge in [0, 0.05) is 20.8 Å². The third kappa shape index (κ3) is 6.48. The number of ether oxygens (including phenoxy) is 3. The summed E-state index contributed by atoms with van der Waals surface area (Å²) in [5.41, 5.74) is 0. The molecule has 6 nitrogen and oxygen atoms in total. The largest absolute Gasteiger partial charge is 0.455 e. The molecular weight excluding hydrogens is 204 g/mol. The number of carbonyl (C=O) groups excluding carboxylic acids is 3. The second-order valence-corrected chi connectivity index (χ2v) is 2.74. The zero-order valence-corrected chi connectivity index (χ0v) is 8.81. The summed E-state index contributed by atoms with van der Waals surface area (Å²) in [5.74, 6) is -1.94. The third-order valence-corrected chi connectivity index (χ3v) is 1.19. The summed E-state index contributed by atoms with van der Waals surface area (Å²) in [7, 11) is 0. The van der Waals surface area contributed by atoms with Crippen LogP contribution in [0.5, 0.6) is 0 Å². The molecular formula is C9H13O6. The topological polar surface area (TPSA) is 78.9 Å². The van der Waals surface area contributed by atoms with Gasteiger partial charge in [-0.3, -0.25) is 14.4 Å². The maximum atomic E-state index is 10.6. The Kier molecular flexibility index (Phi) is 5.36. The average molecular weight is 217 g/mol. The van der Waals surface area contributed by atoms with Crippen molar-refractivity contribution in [3.63, 3.8) is 0 Å². The fourth-order valence-electron chi connectivity index (χ4n) is 0.772. The molecule has 0 amide bonds. The molecule has 6 heteroatoms. The van der Waals surface area contributed by atoms with Crippen molar-refractivity contribution in [2.24, 2.45) is 0 Å². The molecule has 0 aromatic carbocycles. The van der Waals surface area contributed by atoms with Crippen LogP contribution >= 0.6 is 0 Å². The predicted molar refractivity (Wildman–Crippen MR) is 48.2 cm³/mol. The van der Waals surface area contributed by atoms with E-state index in [0.29, 0.717) is 0 Å². The van der Waals surface area contributed by atoms with Crippen molar-refractivity contribution >= 4 is 17.9 Å². The molecule has 0 N–H and O–H groups in total. The lowest BCUT2D eigenvalue weighted by molar-refractivity contribution is -0.206. The quantitative estimate of drug-likeness (QED) is 0.494. The van der Waals surface area contributed by atoms with E-state index in [-0.39, 0.29) is 0 Å². The van der Waals surface area contributed by atoms with Crippen molar-refractivity contribution in [3.05, 3.63) is 6.92 Å². The fraction of sp³-hybridized carbons (Fsp3) is 0.556. The lowest BCUT2D eigenvalue weighted by atomic mass is 10.4. The van der Waals surface area contributed by atoms with Gasteiger partial charge in [0.25, 0.3) is 6.29 Å². The zero-order chi connectivity index (χ0) is 12.0. The van der Waals surface area contributed by atoms with Gasteiger partial charge < -0.3 is 14.2 Å². The van der Waals surface area contributed by atoms with Crippen LogP contribution in [-0.2, 0) is 28.6 Å². The van der Waals surface area contributed by atoms with Crippen molar-refractivity contribution < 1.29 is 28.6 Å². The van der Waals surface area contributed by atoms with Crippen LogP contribution in [0.25, 0.3) is 0 Å². The minimum absolute atomic E-state index is 0.612. The second-order valence-electron chi connectivity index (χ2n) is 2.74. The van der Waals surface area contributed by atoms with Crippen LogP contribution in [0, 0.1) is 6.92 Å². The van der Waals surface area contributed by atoms with Gasteiger partial charge in [0.2, 0.25) is 0 Å². The van der Waals surface area contributed by atoms with Crippen molar-refractivity contribution in [2.45, 2.75) is 33.2 Å². The van der Waals surface area contributed by atoms with E-state index in [1.165, 1.54) is 0 Å². The van der Waals surface area contributed by atoms with Gasteiger partial charge in [-0.15, -0.1) is 0 Å². The van der Waals surface area contributed by atoms with Gasteiger partial charge in [-0.05, 0) is 6.92 Å². The van der Waals surface area contributed by atoms with E-state index in [0.717, 1.165) is 20.8 Å². The van der Waals surface area contributed by atoms with Gasteiger partial charge in [0.15, 0.2) is 6.10 Å². The monoisotopic (exact) mass is 217 g/mol. The summed E-state index contributed by atoms with van der Waals surface area (Å²) in [4.78, 5) is 31.9. The van der Waals surface area contributed by atoms with E-state index in [1.54, 1.807) is 0 Å². The van der Waals surface area contributed by atoms with Gasteiger partial charge in [0.1, 0.15) is 0 Å². The average Bonchev–Trinajstić information content (AvgIpc) is 1.99. The summed E-state index contributed by atoms with van der Waals surface area (Å²) >= 11 is 0. The van der Waals surface area contributed by atoms with Gasteiger partial charge in [0.05, 0.1) is 0 Å². The fourth-order valence-corrected chi connectivity index (χ4v) is 0.772. The highest BCUT2D eigenvalue weighted by Crippen LogP contribution is 2.06. The van der Waals surface area contributed by atoms with Crippen LogP contribution in [0.3, 0.4) is 0 Å². The van der Waals surface area contributed by atoms with Crippen LogP contribution in [0.1, 0.15) is 20.8 Å². The molecule has 15 heavy (non-hydrogen) atoms. The zero-order valence-electron chi connectivity index (χ0n) is 8.81. The molecule has 0 aromatic heterocycles. The number of rotatable bonds is 4. The Bertz CT molecular complexity index is 243. The molecule has 0 saturated carbocycles. The first-order valence-corrected chi connectivity index (χ1v) is 4.17. The summed E-state index contributed by atoms with van der Waals surface area (Å²) in [6.45, 7) is 6.82. The summed E-state index contributed by atoms with van der Waals surface area (Å²) in [5, 5.41) is 0. The van der Waals surface area contributed by atoms with Gasteiger partial charge in [-0.2, -0.15) is 0 Å². The summed E-state index contributed by atoms with van der Waals surface area (Å²) in [6.07, 6.45) is -2.40.